The van der Waals surface area contributed by atoms with Gasteiger partial charge in [0.25, 0.3) is 6.29 Å². The standard InChI is InChI=1S/C5H8NO2/c6-3-1-2-5(8)4-7/h1-3,6H2. The molecule has 0 saturated heterocycles. The molecule has 0 rings (SSSR count). The minimum absolute atomic E-state index is 0.236. The van der Waals surface area contributed by atoms with E-state index < -0.39 is 5.78 Å². The molecule has 0 aromatic rings. The Hall–Kier alpha value is -0.700. The van der Waals surface area contributed by atoms with E-state index >= 15 is 0 Å². The van der Waals surface area contributed by atoms with E-state index in [1.165, 1.54) is 6.29 Å². The van der Waals surface area contributed by atoms with E-state index in [0.29, 0.717) is 13.0 Å². The average molecular weight is 114 g/mol. The lowest BCUT2D eigenvalue weighted by Gasteiger charge is -1.85. The van der Waals surface area contributed by atoms with E-state index in [0.717, 1.165) is 0 Å². The predicted molar refractivity (Wildman–Crippen MR) is 29.0 cm³/mol. The SMILES string of the molecule is NCCCC(=O)[C]=O. The van der Waals surface area contributed by atoms with Gasteiger partial charge in [0.2, 0.25) is 5.78 Å². The predicted octanol–water partition coefficient (Wildman–Crippen LogP) is -0.596. The van der Waals surface area contributed by atoms with Gasteiger partial charge in [-0.2, -0.15) is 0 Å². The van der Waals surface area contributed by atoms with Crippen molar-refractivity contribution < 1.29 is 9.59 Å². The Kier molecular flexibility index (Phi) is 4.07. The summed E-state index contributed by atoms with van der Waals surface area (Å²) in [5, 5.41) is 0. The van der Waals surface area contributed by atoms with E-state index in [2.05, 4.69) is 0 Å². The minimum Gasteiger partial charge on any atom is -0.330 e. The van der Waals surface area contributed by atoms with Crippen LogP contribution in [-0.4, -0.2) is 18.6 Å². The van der Waals surface area contributed by atoms with Gasteiger partial charge in [0.05, 0.1) is 0 Å². The minimum atomic E-state index is -0.490. The molecule has 0 atom stereocenters. The van der Waals surface area contributed by atoms with Crippen LogP contribution in [0.3, 0.4) is 0 Å². The van der Waals surface area contributed by atoms with Crippen molar-refractivity contribution in [3.63, 3.8) is 0 Å². The molecular formula is C5H8NO2. The van der Waals surface area contributed by atoms with Crippen LogP contribution in [0, 0.1) is 0 Å². The fourth-order valence-electron chi connectivity index (χ4n) is 0.314. The molecule has 0 amide bonds. The van der Waals surface area contributed by atoms with Gasteiger partial charge in [-0.1, -0.05) is 0 Å². The number of carbonyl (C=O) groups is 1. The van der Waals surface area contributed by atoms with Crippen LogP contribution in [0.5, 0.6) is 0 Å². The Morgan fingerprint density at radius 1 is 1.62 bits per heavy atom. The maximum Gasteiger partial charge on any atom is 0.272 e. The highest BCUT2D eigenvalue weighted by Gasteiger charge is 1.96. The molecule has 1 radical (unpaired) electrons. The molecule has 0 aromatic heterocycles. The third-order valence-electron chi connectivity index (χ3n) is 0.722. The van der Waals surface area contributed by atoms with Gasteiger partial charge in [0.15, 0.2) is 0 Å². The number of rotatable bonds is 4. The van der Waals surface area contributed by atoms with Crippen molar-refractivity contribution >= 4 is 12.1 Å². The highest BCUT2D eigenvalue weighted by atomic mass is 16.2. The van der Waals surface area contributed by atoms with Gasteiger partial charge in [-0.3, -0.25) is 9.59 Å². The average Bonchev–Trinajstić information content (AvgIpc) is 1.83. The second kappa shape index (κ2) is 4.46. The summed E-state index contributed by atoms with van der Waals surface area (Å²) in [6.07, 6.45) is 2.07. The highest BCUT2D eigenvalue weighted by Crippen LogP contribution is 1.83. The Labute approximate surface area is 47.9 Å². The largest absolute Gasteiger partial charge is 0.330 e. The van der Waals surface area contributed by atoms with E-state index in [1.54, 1.807) is 0 Å². The molecule has 0 spiro atoms. The highest BCUT2D eigenvalue weighted by molar-refractivity contribution is 6.25. The van der Waals surface area contributed by atoms with Crippen LogP contribution in [0.4, 0.5) is 0 Å². The summed E-state index contributed by atoms with van der Waals surface area (Å²) < 4.78 is 0. The van der Waals surface area contributed by atoms with Crippen molar-refractivity contribution in [1.82, 2.24) is 0 Å². The molecule has 3 heteroatoms. The Morgan fingerprint density at radius 2 is 2.25 bits per heavy atom. The molecule has 0 aromatic carbocycles. The van der Waals surface area contributed by atoms with Crippen molar-refractivity contribution in [2.45, 2.75) is 12.8 Å². The summed E-state index contributed by atoms with van der Waals surface area (Å²) in [4.78, 5) is 19.6. The van der Waals surface area contributed by atoms with Crippen molar-refractivity contribution in [2.24, 2.45) is 5.73 Å². The zero-order valence-electron chi connectivity index (χ0n) is 4.52. The molecule has 8 heavy (non-hydrogen) atoms. The maximum atomic E-state index is 10.1. The molecule has 0 aliphatic carbocycles. The summed E-state index contributed by atoms with van der Waals surface area (Å²) in [6, 6.07) is 0. The molecule has 0 unspecified atom stereocenters. The summed E-state index contributed by atoms with van der Waals surface area (Å²) in [5.74, 6) is -0.490. The molecule has 0 saturated carbocycles. The molecular weight excluding hydrogens is 106 g/mol. The van der Waals surface area contributed by atoms with Crippen LogP contribution in [0.25, 0.3) is 0 Å². The molecule has 0 heterocycles. The van der Waals surface area contributed by atoms with E-state index in [-0.39, 0.29) is 6.42 Å². The van der Waals surface area contributed by atoms with Gasteiger partial charge in [-0.25, -0.2) is 0 Å². The third kappa shape index (κ3) is 3.49. The van der Waals surface area contributed by atoms with Gasteiger partial charge in [-0.05, 0) is 13.0 Å². The van der Waals surface area contributed by atoms with E-state index in [1.807, 2.05) is 0 Å². The number of hydrogen-bond donors (Lipinski definition) is 1. The van der Waals surface area contributed by atoms with E-state index in [4.69, 9.17) is 5.73 Å². The molecule has 0 aliphatic heterocycles. The van der Waals surface area contributed by atoms with Crippen molar-refractivity contribution in [3.8, 4) is 0 Å². The lowest BCUT2D eigenvalue weighted by atomic mass is 10.2. The number of ketones is 1. The van der Waals surface area contributed by atoms with Crippen LogP contribution < -0.4 is 5.73 Å². The summed E-state index contributed by atoms with van der Waals surface area (Å²) >= 11 is 0. The third-order valence-corrected chi connectivity index (χ3v) is 0.722. The fraction of sp³-hybridized carbons (Fsp3) is 0.600. The monoisotopic (exact) mass is 114 g/mol. The summed E-state index contributed by atoms with van der Waals surface area (Å²) in [5.41, 5.74) is 5.05. The van der Waals surface area contributed by atoms with Gasteiger partial charge >= 0.3 is 0 Å². The Morgan fingerprint density at radius 3 is 2.62 bits per heavy atom. The maximum absolute atomic E-state index is 10.1. The zero-order chi connectivity index (χ0) is 6.41. The lowest BCUT2D eigenvalue weighted by molar-refractivity contribution is -0.113. The first-order valence-electron chi connectivity index (χ1n) is 2.42. The number of hydrogen-bond acceptors (Lipinski definition) is 3. The molecule has 3 nitrogen and oxygen atoms in total. The van der Waals surface area contributed by atoms with Gasteiger partial charge in [0.1, 0.15) is 0 Å². The lowest BCUT2D eigenvalue weighted by Crippen LogP contribution is -2.04. The molecule has 2 N–H and O–H groups in total. The van der Waals surface area contributed by atoms with Gasteiger partial charge < -0.3 is 5.73 Å². The number of nitrogens with two attached hydrogens (primary N) is 1. The van der Waals surface area contributed by atoms with Crippen LogP contribution in [0.2, 0.25) is 0 Å². The topological polar surface area (TPSA) is 60.2 Å². The second-order valence-electron chi connectivity index (χ2n) is 1.42. The number of carbonyl (C=O) groups excluding carboxylic acids is 2. The van der Waals surface area contributed by atoms with Crippen LogP contribution in [-0.2, 0) is 9.59 Å². The van der Waals surface area contributed by atoms with Gasteiger partial charge in [0, 0.05) is 6.42 Å². The molecule has 0 bridgehead atoms. The van der Waals surface area contributed by atoms with Crippen LogP contribution in [0.1, 0.15) is 12.8 Å². The smallest absolute Gasteiger partial charge is 0.272 e. The normalized spacial score (nSPS) is 8.62. The van der Waals surface area contributed by atoms with Crippen molar-refractivity contribution in [3.05, 3.63) is 0 Å². The Balaban J connectivity index is 3.11. The van der Waals surface area contributed by atoms with Crippen LogP contribution >= 0.6 is 0 Å². The first-order chi connectivity index (χ1) is 3.81. The fourth-order valence-corrected chi connectivity index (χ4v) is 0.314. The number of Topliss-reactive ketones (excluding diaryl/α,β-unsaturated/α-hetero) is 1. The molecule has 0 aliphatic rings. The second-order valence-corrected chi connectivity index (χ2v) is 1.42. The van der Waals surface area contributed by atoms with Gasteiger partial charge in [-0.15, -0.1) is 0 Å². The summed E-state index contributed by atoms with van der Waals surface area (Å²) in [6.45, 7) is 0.452. The summed E-state index contributed by atoms with van der Waals surface area (Å²) in [7, 11) is 0. The molecule has 0 fully saturated rings. The van der Waals surface area contributed by atoms with Crippen molar-refractivity contribution in [2.75, 3.05) is 6.54 Å². The first kappa shape index (κ1) is 7.30. The van der Waals surface area contributed by atoms with E-state index in [9.17, 15) is 9.59 Å². The quantitative estimate of drug-likeness (QED) is 0.496. The zero-order valence-corrected chi connectivity index (χ0v) is 4.52. The van der Waals surface area contributed by atoms with Crippen LogP contribution in [0.15, 0.2) is 0 Å². The Bertz CT molecular complexity index is 90.4. The van der Waals surface area contributed by atoms with Crippen molar-refractivity contribution in [1.29, 1.82) is 0 Å². The first-order valence-corrected chi connectivity index (χ1v) is 2.42. The molecule has 45 valence electrons.